The fourth-order valence-corrected chi connectivity index (χ4v) is 2.37. The first-order chi connectivity index (χ1) is 12.5. The van der Waals surface area contributed by atoms with Crippen LogP contribution in [0.2, 0.25) is 0 Å². The van der Waals surface area contributed by atoms with Crippen LogP contribution in [0.15, 0.2) is 65.8 Å². The lowest BCUT2D eigenvalue weighted by Gasteiger charge is -2.06. The largest absolute Gasteiger partial charge is 0.507 e. The number of carbonyl (C=O) groups is 1. The third-order valence-corrected chi connectivity index (χ3v) is 3.59. The normalized spacial score (nSPS) is 11.2. The average molecular weight is 356 g/mol. The highest BCUT2D eigenvalue weighted by atomic mass is 19.3. The number of nitrogens with zero attached hydrogens (tertiary/aromatic N) is 1. The second kappa shape index (κ2) is 7.60. The van der Waals surface area contributed by atoms with Crippen molar-refractivity contribution in [1.29, 1.82) is 0 Å². The summed E-state index contributed by atoms with van der Waals surface area (Å²) in [4.78, 5) is 12.2. The van der Waals surface area contributed by atoms with Gasteiger partial charge in [-0.1, -0.05) is 24.3 Å². The lowest BCUT2D eigenvalue weighted by molar-refractivity contribution is -0.0498. The maximum Gasteiger partial charge on any atom is 0.387 e. The van der Waals surface area contributed by atoms with Crippen molar-refractivity contribution in [3.63, 3.8) is 0 Å². The van der Waals surface area contributed by atoms with Crippen LogP contribution in [0.25, 0.3) is 10.8 Å². The van der Waals surface area contributed by atoms with Crippen molar-refractivity contribution < 1.29 is 23.4 Å². The Morgan fingerprint density at radius 1 is 1.08 bits per heavy atom. The van der Waals surface area contributed by atoms with Crippen LogP contribution in [0.1, 0.15) is 15.9 Å². The Morgan fingerprint density at radius 3 is 2.38 bits per heavy atom. The zero-order valence-electron chi connectivity index (χ0n) is 13.4. The first-order valence-electron chi connectivity index (χ1n) is 7.63. The van der Waals surface area contributed by atoms with Gasteiger partial charge in [-0.05, 0) is 52.7 Å². The van der Waals surface area contributed by atoms with E-state index in [1.807, 2.05) is 24.3 Å². The highest BCUT2D eigenvalue weighted by molar-refractivity contribution is 6.01. The predicted molar refractivity (Wildman–Crippen MR) is 93.7 cm³/mol. The molecule has 0 saturated heterocycles. The van der Waals surface area contributed by atoms with Crippen molar-refractivity contribution in [2.75, 3.05) is 0 Å². The van der Waals surface area contributed by atoms with Gasteiger partial charge in [0.05, 0.1) is 11.8 Å². The van der Waals surface area contributed by atoms with Crippen molar-refractivity contribution >= 4 is 22.9 Å². The summed E-state index contributed by atoms with van der Waals surface area (Å²) in [5.74, 6) is -0.686. The van der Waals surface area contributed by atoms with E-state index in [2.05, 4.69) is 15.3 Å². The molecule has 0 aliphatic rings. The fraction of sp³-hybridized carbons (Fsp3) is 0.0526. The topological polar surface area (TPSA) is 70.9 Å². The Balaban J connectivity index is 1.68. The Labute approximate surface area is 147 Å². The molecule has 26 heavy (non-hydrogen) atoms. The first kappa shape index (κ1) is 17.3. The van der Waals surface area contributed by atoms with E-state index in [1.165, 1.54) is 36.5 Å². The van der Waals surface area contributed by atoms with Gasteiger partial charge in [-0.3, -0.25) is 4.79 Å². The Bertz CT molecular complexity index is 957. The number of benzene rings is 3. The molecule has 0 saturated carbocycles. The van der Waals surface area contributed by atoms with Crippen molar-refractivity contribution in [1.82, 2.24) is 5.43 Å². The van der Waals surface area contributed by atoms with Crippen molar-refractivity contribution in [2.45, 2.75) is 6.61 Å². The number of aromatic hydroxyl groups is 1. The molecule has 5 nitrogen and oxygen atoms in total. The van der Waals surface area contributed by atoms with E-state index in [-0.39, 0.29) is 17.1 Å². The summed E-state index contributed by atoms with van der Waals surface area (Å²) in [5, 5.41) is 15.4. The number of carbonyl (C=O) groups excluding carboxylic acids is 1. The van der Waals surface area contributed by atoms with Gasteiger partial charge in [0.15, 0.2) is 0 Å². The summed E-state index contributed by atoms with van der Waals surface area (Å²) in [5.41, 5.74) is 3.00. The van der Waals surface area contributed by atoms with E-state index >= 15 is 0 Å². The molecule has 0 unspecified atom stereocenters. The minimum atomic E-state index is -2.89. The van der Waals surface area contributed by atoms with Gasteiger partial charge in [0.2, 0.25) is 0 Å². The van der Waals surface area contributed by atoms with Gasteiger partial charge in [0.25, 0.3) is 5.91 Å². The molecule has 0 aliphatic heterocycles. The number of nitrogens with one attached hydrogen (secondary N) is 1. The molecule has 3 rings (SSSR count). The lowest BCUT2D eigenvalue weighted by Crippen LogP contribution is -2.17. The number of rotatable bonds is 5. The number of alkyl halides is 2. The summed E-state index contributed by atoms with van der Waals surface area (Å²) < 4.78 is 28.4. The van der Waals surface area contributed by atoms with Gasteiger partial charge in [-0.25, -0.2) is 5.43 Å². The second-order valence-electron chi connectivity index (χ2n) is 5.36. The van der Waals surface area contributed by atoms with Gasteiger partial charge in [-0.15, -0.1) is 0 Å². The molecular formula is C19H14F2N2O3. The fourth-order valence-electron chi connectivity index (χ4n) is 2.37. The Hall–Kier alpha value is -3.48. The molecule has 132 valence electrons. The third-order valence-electron chi connectivity index (χ3n) is 3.59. The number of hydrazone groups is 1. The summed E-state index contributed by atoms with van der Waals surface area (Å²) in [7, 11) is 0. The quantitative estimate of drug-likeness (QED) is 0.538. The molecule has 1 amide bonds. The molecule has 2 N–H and O–H groups in total. The van der Waals surface area contributed by atoms with Gasteiger partial charge < -0.3 is 9.84 Å². The van der Waals surface area contributed by atoms with E-state index in [0.29, 0.717) is 5.56 Å². The molecule has 0 radical (unpaired) electrons. The van der Waals surface area contributed by atoms with Gasteiger partial charge >= 0.3 is 6.61 Å². The SMILES string of the molecule is O=C(NN=Cc1ccc(OC(F)F)cc1)c1cc2ccccc2cc1O. The van der Waals surface area contributed by atoms with E-state index in [1.54, 1.807) is 6.07 Å². The van der Waals surface area contributed by atoms with Crippen molar-refractivity contribution in [2.24, 2.45) is 5.10 Å². The molecule has 0 atom stereocenters. The summed E-state index contributed by atoms with van der Waals surface area (Å²) in [6, 6.07) is 16.2. The minimum absolute atomic E-state index is 0.0299. The van der Waals surface area contributed by atoms with Crippen LogP contribution in [-0.4, -0.2) is 23.8 Å². The second-order valence-corrected chi connectivity index (χ2v) is 5.36. The number of phenols is 1. The number of hydrogen-bond donors (Lipinski definition) is 2. The molecule has 7 heteroatoms. The molecular weight excluding hydrogens is 342 g/mol. The van der Waals surface area contributed by atoms with E-state index in [9.17, 15) is 18.7 Å². The van der Waals surface area contributed by atoms with E-state index in [0.717, 1.165) is 10.8 Å². The maximum atomic E-state index is 12.2. The molecule has 3 aromatic rings. The summed E-state index contributed by atoms with van der Waals surface area (Å²) >= 11 is 0. The van der Waals surface area contributed by atoms with Crippen LogP contribution in [0.5, 0.6) is 11.5 Å². The Morgan fingerprint density at radius 2 is 1.73 bits per heavy atom. The molecule has 0 heterocycles. The van der Waals surface area contributed by atoms with Crippen LogP contribution in [0.4, 0.5) is 8.78 Å². The standard InChI is InChI=1S/C19H14F2N2O3/c20-19(21)26-15-7-5-12(6-8-15)11-22-23-18(25)16-9-13-3-1-2-4-14(13)10-17(16)24/h1-11,19,24H,(H,23,25). The molecule has 3 aromatic carbocycles. The minimum Gasteiger partial charge on any atom is -0.507 e. The van der Waals surface area contributed by atoms with E-state index < -0.39 is 12.5 Å². The lowest BCUT2D eigenvalue weighted by atomic mass is 10.1. The number of ether oxygens (including phenoxy) is 1. The number of fused-ring (bicyclic) bond motifs is 1. The highest BCUT2D eigenvalue weighted by Gasteiger charge is 2.11. The van der Waals surface area contributed by atoms with Crippen LogP contribution in [-0.2, 0) is 0 Å². The van der Waals surface area contributed by atoms with Crippen LogP contribution < -0.4 is 10.2 Å². The van der Waals surface area contributed by atoms with E-state index in [4.69, 9.17) is 0 Å². The molecule has 0 aromatic heterocycles. The number of amides is 1. The van der Waals surface area contributed by atoms with Crippen LogP contribution in [0.3, 0.4) is 0 Å². The first-order valence-corrected chi connectivity index (χ1v) is 7.63. The average Bonchev–Trinajstić information content (AvgIpc) is 2.62. The monoisotopic (exact) mass is 356 g/mol. The van der Waals surface area contributed by atoms with Crippen LogP contribution >= 0.6 is 0 Å². The number of halogens is 2. The van der Waals surface area contributed by atoms with Crippen molar-refractivity contribution in [3.05, 3.63) is 71.8 Å². The molecule has 0 bridgehead atoms. The summed E-state index contributed by atoms with van der Waals surface area (Å²) in [6.45, 7) is -2.89. The summed E-state index contributed by atoms with van der Waals surface area (Å²) in [6.07, 6.45) is 1.35. The zero-order valence-corrected chi connectivity index (χ0v) is 13.4. The highest BCUT2D eigenvalue weighted by Crippen LogP contribution is 2.24. The smallest absolute Gasteiger partial charge is 0.387 e. The zero-order chi connectivity index (χ0) is 18.5. The molecule has 0 fully saturated rings. The third kappa shape index (κ3) is 4.13. The van der Waals surface area contributed by atoms with Gasteiger partial charge in [0, 0.05) is 0 Å². The molecule has 0 spiro atoms. The molecule has 0 aliphatic carbocycles. The number of hydrogen-bond acceptors (Lipinski definition) is 4. The van der Waals surface area contributed by atoms with Gasteiger partial charge in [-0.2, -0.15) is 13.9 Å². The van der Waals surface area contributed by atoms with Gasteiger partial charge in [0.1, 0.15) is 11.5 Å². The van der Waals surface area contributed by atoms with Crippen LogP contribution in [0, 0.1) is 0 Å². The Kier molecular flexibility index (Phi) is 5.07. The predicted octanol–water partition coefficient (Wildman–Crippen LogP) is 3.91. The van der Waals surface area contributed by atoms with Crippen molar-refractivity contribution in [3.8, 4) is 11.5 Å². The number of phenolic OH excluding ortho intramolecular Hbond substituents is 1. The maximum absolute atomic E-state index is 12.2.